The Morgan fingerprint density at radius 1 is 1.13 bits per heavy atom. The van der Waals surface area contributed by atoms with Crippen LogP contribution in [0.25, 0.3) is 0 Å². The van der Waals surface area contributed by atoms with Crippen molar-refractivity contribution in [3.05, 3.63) is 62.4 Å². The highest BCUT2D eigenvalue weighted by Crippen LogP contribution is 2.37. The summed E-state index contributed by atoms with van der Waals surface area (Å²) in [5, 5.41) is 11.9. The van der Waals surface area contributed by atoms with Gasteiger partial charge in [0.05, 0.1) is 11.0 Å². The number of amides is 1. The van der Waals surface area contributed by atoms with Crippen LogP contribution in [-0.4, -0.2) is 60.0 Å². The molecule has 1 saturated heterocycles. The molecule has 2 heterocycles. The Morgan fingerprint density at radius 2 is 1.80 bits per heavy atom. The number of nitro benzene ring substituents is 1. The molecule has 0 radical (unpaired) electrons. The SMILES string of the molecule is O=C(c1cc2c(cc1[N+](=O)[O-])OCCO2)N1CCN(Cc2c(F)cccc2Cl)CC1. The fourth-order valence-electron chi connectivity index (χ4n) is 3.59. The fourth-order valence-corrected chi connectivity index (χ4v) is 3.81. The second-order valence-electron chi connectivity index (χ2n) is 7.04. The summed E-state index contributed by atoms with van der Waals surface area (Å²) in [5.41, 5.74) is 0.0704. The summed E-state index contributed by atoms with van der Waals surface area (Å²) in [6.45, 7) is 2.65. The van der Waals surface area contributed by atoms with Crippen LogP contribution in [0.5, 0.6) is 11.5 Å². The van der Waals surface area contributed by atoms with E-state index in [1.165, 1.54) is 18.2 Å². The van der Waals surface area contributed by atoms with Crippen molar-refractivity contribution >= 4 is 23.2 Å². The van der Waals surface area contributed by atoms with E-state index < -0.39 is 10.8 Å². The fraction of sp³-hybridized carbons (Fsp3) is 0.350. The molecule has 0 N–H and O–H groups in total. The van der Waals surface area contributed by atoms with E-state index in [9.17, 15) is 19.3 Å². The summed E-state index contributed by atoms with van der Waals surface area (Å²) in [7, 11) is 0. The standard InChI is InChI=1S/C20H19ClFN3O5/c21-15-2-1-3-16(22)14(15)12-23-4-6-24(7-5-23)20(26)13-10-18-19(30-9-8-29-18)11-17(13)25(27)28/h1-3,10-11H,4-9,12H2. The van der Waals surface area contributed by atoms with Crippen LogP contribution in [0.4, 0.5) is 10.1 Å². The number of halogens is 2. The minimum atomic E-state index is -0.595. The zero-order chi connectivity index (χ0) is 21.3. The minimum Gasteiger partial charge on any atom is -0.486 e. The topological polar surface area (TPSA) is 85.1 Å². The van der Waals surface area contributed by atoms with Crippen LogP contribution < -0.4 is 9.47 Å². The third-order valence-electron chi connectivity index (χ3n) is 5.19. The number of fused-ring (bicyclic) bond motifs is 1. The molecule has 2 aliphatic heterocycles. The summed E-state index contributed by atoms with van der Waals surface area (Å²) in [6, 6.07) is 7.17. The molecule has 1 fully saturated rings. The number of carbonyl (C=O) groups is 1. The van der Waals surface area contributed by atoms with Gasteiger partial charge in [-0.05, 0) is 12.1 Å². The Bertz CT molecular complexity index is 974. The summed E-state index contributed by atoms with van der Waals surface area (Å²) in [4.78, 5) is 27.5. The first-order chi connectivity index (χ1) is 14.4. The lowest BCUT2D eigenvalue weighted by molar-refractivity contribution is -0.385. The van der Waals surface area contributed by atoms with Crippen LogP contribution >= 0.6 is 11.6 Å². The molecule has 0 aliphatic carbocycles. The molecule has 0 saturated carbocycles. The lowest BCUT2D eigenvalue weighted by atomic mass is 10.1. The first-order valence-electron chi connectivity index (χ1n) is 9.46. The van der Waals surface area contributed by atoms with Crippen molar-refractivity contribution in [2.45, 2.75) is 6.54 Å². The maximum Gasteiger partial charge on any atom is 0.286 e. The van der Waals surface area contributed by atoms with Crippen molar-refractivity contribution < 1.29 is 23.6 Å². The molecule has 1 amide bonds. The smallest absolute Gasteiger partial charge is 0.286 e. The zero-order valence-corrected chi connectivity index (χ0v) is 16.7. The predicted molar refractivity (Wildman–Crippen MR) is 107 cm³/mol. The highest BCUT2D eigenvalue weighted by atomic mass is 35.5. The average molecular weight is 436 g/mol. The molecule has 30 heavy (non-hydrogen) atoms. The number of carbonyl (C=O) groups excluding carboxylic acids is 1. The minimum absolute atomic E-state index is 0.0325. The highest BCUT2D eigenvalue weighted by molar-refractivity contribution is 6.31. The number of hydrogen-bond acceptors (Lipinski definition) is 6. The van der Waals surface area contributed by atoms with Crippen LogP contribution in [0.15, 0.2) is 30.3 Å². The van der Waals surface area contributed by atoms with E-state index >= 15 is 0 Å². The Balaban J connectivity index is 1.47. The van der Waals surface area contributed by atoms with Gasteiger partial charge < -0.3 is 14.4 Å². The van der Waals surface area contributed by atoms with Crippen LogP contribution in [0, 0.1) is 15.9 Å². The van der Waals surface area contributed by atoms with E-state index in [2.05, 4.69) is 0 Å². The average Bonchev–Trinajstić information content (AvgIpc) is 2.75. The van der Waals surface area contributed by atoms with E-state index in [0.29, 0.717) is 62.3 Å². The Morgan fingerprint density at radius 3 is 2.43 bits per heavy atom. The van der Waals surface area contributed by atoms with E-state index in [4.69, 9.17) is 21.1 Å². The van der Waals surface area contributed by atoms with E-state index in [-0.39, 0.29) is 22.8 Å². The zero-order valence-electron chi connectivity index (χ0n) is 16.0. The molecular weight excluding hydrogens is 417 g/mol. The van der Waals surface area contributed by atoms with Crippen LogP contribution in [0.1, 0.15) is 15.9 Å². The van der Waals surface area contributed by atoms with Crippen molar-refractivity contribution in [2.24, 2.45) is 0 Å². The van der Waals surface area contributed by atoms with Gasteiger partial charge in [-0.15, -0.1) is 0 Å². The molecular formula is C20H19ClFN3O5. The molecule has 8 nitrogen and oxygen atoms in total. The van der Waals surface area contributed by atoms with Gasteiger partial charge in [0.1, 0.15) is 24.6 Å². The summed E-state index contributed by atoms with van der Waals surface area (Å²) in [6.07, 6.45) is 0. The van der Waals surface area contributed by atoms with E-state index in [0.717, 1.165) is 0 Å². The second-order valence-corrected chi connectivity index (χ2v) is 7.45. The van der Waals surface area contributed by atoms with Gasteiger partial charge in [-0.25, -0.2) is 4.39 Å². The van der Waals surface area contributed by atoms with Crippen molar-refractivity contribution in [2.75, 3.05) is 39.4 Å². The maximum absolute atomic E-state index is 14.0. The number of benzene rings is 2. The predicted octanol–water partition coefficient (Wildman–Crippen LogP) is 3.12. The lowest BCUT2D eigenvalue weighted by Gasteiger charge is -2.35. The molecule has 0 bridgehead atoms. The number of rotatable bonds is 4. The van der Waals surface area contributed by atoms with E-state index in [1.807, 2.05) is 4.90 Å². The molecule has 0 aromatic heterocycles. The molecule has 0 unspecified atom stereocenters. The van der Waals surface area contributed by atoms with Gasteiger partial charge in [0, 0.05) is 49.4 Å². The van der Waals surface area contributed by atoms with Gasteiger partial charge in [-0.1, -0.05) is 17.7 Å². The van der Waals surface area contributed by atoms with Gasteiger partial charge in [0.15, 0.2) is 11.5 Å². The molecule has 10 heteroatoms. The van der Waals surface area contributed by atoms with Crippen molar-refractivity contribution in [3.63, 3.8) is 0 Å². The molecule has 2 aliphatic rings. The van der Waals surface area contributed by atoms with Gasteiger partial charge in [-0.3, -0.25) is 19.8 Å². The third-order valence-corrected chi connectivity index (χ3v) is 5.54. The van der Waals surface area contributed by atoms with E-state index in [1.54, 1.807) is 17.0 Å². The number of nitrogens with zero attached hydrogens (tertiary/aromatic N) is 3. The number of ether oxygens (including phenoxy) is 2. The molecule has 158 valence electrons. The second kappa shape index (κ2) is 8.45. The molecule has 2 aromatic carbocycles. The third kappa shape index (κ3) is 4.03. The molecule has 2 aromatic rings. The summed E-state index contributed by atoms with van der Waals surface area (Å²) in [5.74, 6) is -0.228. The number of hydrogen-bond donors (Lipinski definition) is 0. The quantitative estimate of drug-likeness (QED) is 0.542. The number of nitro groups is 1. The maximum atomic E-state index is 14.0. The molecule has 0 atom stereocenters. The van der Waals surface area contributed by atoms with Crippen molar-refractivity contribution in [1.82, 2.24) is 9.80 Å². The van der Waals surface area contributed by atoms with Crippen LogP contribution in [0.3, 0.4) is 0 Å². The highest BCUT2D eigenvalue weighted by Gasteiger charge is 2.31. The van der Waals surface area contributed by atoms with Gasteiger partial charge >= 0.3 is 0 Å². The molecule has 0 spiro atoms. The first-order valence-corrected chi connectivity index (χ1v) is 9.84. The van der Waals surface area contributed by atoms with Gasteiger partial charge in [0.25, 0.3) is 11.6 Å². The normalized spacial score (nSPS) is 16.4. The summed E-state index contributed by atoms with van der Waals surface area (Å²) >= 11 is 6.10. The first kappa shape index (κ1) is 20.4. The van der Waals surface area contributed by atoms with Gasteiger partial charge in [-0.2, -0.15) is 0 Å². The Hall–Kier alpha value is -2.91. The lowest BCUT2D eigenvalue weighted by Crippen LogP contribution is -2.48. The Labute approximate surface area is 176 Å². The van der Waals surface area contributed by atoms with Crippen molar-refractivity contribution in [1.29, 1.82) is 0 Å². The Kier molecular flexibility index (Phi) is 5.74. The van der Waals surface area contributed by atoms with Gasteiger partial charge in [0.2, 0.25) is 0 Å². The number of piperazine rings is 1. The largest absolute Gasteiger partial charge is 0.486 e. The van der Waals surface area contributed by atoms with Crippen molar-refractivity contribution in [3.8, 4) is 11.5 Å². The summed E-state index contributed by atoms with van der Waals surface area (Å²) < 4.78 is 24.9. The van der Waals surface area contributed by atoms with Crippen LogP contribution in [0.2, 0.25) is 5.02 Å². The monoisotopic (exact) mass is 435 g/mol. The molecule has 4 rings (SSSR count). The van der Waals surface area contributed by atoms with Crippen LogP contribution in [-0.2, 0) is 6.54 Å².